The molecule has 0 fully saturated rings. The van der Waals surface area contributed by atoms with Gasteiger partial charge in [0.1, 0.15) is 0 Å². The Hall–Kier alpha value is 0.179. The molecule has 0 spiro atoms. The normalized spacial score (nSPS) is 17.9. The van der Waals surface area contributed by atoms with E-state index in [2.05, 4.69) is 74.4 Å². The Balaban J connectivity index is 4.04. The Morgan fingerprint density at radius 3 is 1.61 bits per heavy atom. The fourth-order valence-electron chi connectivity index (χ4n) is 5.09. The number of rotatable bonds is 13. The van der Waals surface area contributed by atoms with E-state index in [-0.39, 0.29) is 5.54 Å². The molecule has 0 aromatic rings. The summed E-state index contributed by atoms with van der Waals surface area (Å²) in [6.07, 6.45) is 6.36. The van der Waals surface area contributed by atoms with Gasteiger partial charge in [-0.3, -0.25) is 0 Å². The van der Waals surface area contributed by atoms with Crippen LogP contribution in [0.5, 0.6) is 0 Å². The molecular weight excluding hydrogens is 616 g/mol. The van der Waals surface area contributed by atoms with Crippen molar-refractivity contribution < 1.29 is 29.3 Å². The van der Waals surface area contributed by atoms with E-state index in [9.17, 15) is 0 Å². The van der Waals surface area contributed by atoms with Crippen LogP contribution in [-0.2, 0) is 29.3 Å². The third kappa shape index (κ3) is 6.00. The summed E-state index contributed by atoms with van der Waals surface area (Å²) in [5, 5.41) is 11.1. The van der Waals surface area contributed by atoms with Gasteiger partial charge >= 0.3 is 200 Å². The Morgan fingerprint density at radius 1 is 0.871 bits per heavy atom. The molecule has 0 saturated heterocycles. The van der Waals surface area contributed by atoms with Gasteiger partial charge in [0.25, 0.3) is 0 Å². The first-order valence-electron chi connectivity index (χ1n) is 10.9. The minimum absolute atomic E-state index is 0.198. The van der Waals surface area contributed by atoms with Crippen molar-refractivity contribution in [3.05, 3.63) is 45.2 Å². The maximum absolute atomic E-state index is 6.06. The number of hydrogen-bond donors (Lipinski definition) is 0. The molecule has 0 amide bonds. The van der Waals surface area contributed by atoms with Gasteiger partial charge in [0, 0.05) is 0 Å². The summed E-state index contributed by atoms with van der Waals surface area (Å²) < 4.78 is 20.0. The SMILES string of the molecule is C=CC[Si](C)(C)C1=C(C(CC)[Si](OC)(OC)OC)C[C]([Pt]([CH3])([CH3])[CH3])=C1[Si](C)(C)CC=C. The second-order valence-corrected chi connectivity index (χ2v) is 34.2. The van der Waals surface area contributed by atoms with E-state index in [1.165, 1.54) is 0 Å². The zero-order valence-corrected chi connectivity index (χ0v) is 27.3. The van der Waals surface area contributed by atoms with Crippen molar-refractivity contribution in [2.75, 3.05) is 21.3 Å². The predicted molar refractivity (Wildman–Crippen MR) is 142 cm³/mol. The van der Waals surface area contributed by atoms with Crippen molar-refractivity contribution in [2.45, 2.75) is 79.5 Å². The quantitative estimate of drug-likeness (QED) is 0.149. The second kappa shape index (κ2) is 11.1. The van der Waals surface area contributed by atoms with Crippen LogP contribution >= 0.6 is 0 Å². The Kier molecular flexibility index (Phi) is 10.4. The van der Waals surface area contributed by atoms with Gasteiger partial charge in [-0.05, 0) is 0 Å². The molecule has 0 saturated carbocycles. The van der Waals surface area contributed by atoms with Gasteiger partial charge in [-0.1, -0.05) is 0 Å². The van der Waals surface area contributed by atoms with Crippen LogP contribution in [-0.4, -0.2) is 46.3 Å². The zero-order valence-electron chi connectivity index (χ0n) is 22.0. The fourth-order valence-corrected chi connectivity index (χ4v) is 23.4. The average Bonchev–Trinajstić information content (AvgIpc) is 3.08. The van der Waals surface area contributed by atoms with Gasteiger partial charge in [-0.2, -0.15) is 0 Å². The Bertz CT molecular complexity index is 721. The minimum atomic E-state index is -2.82. The van der Waals surface area contributed by atoms with Gasteiger partial charge in [-0.15, -0.1) is 0 Å². The summed E-state index contributed by atoms with van der Waals surface area (Å²) in [7, 11) is -1.00. The van der Waals surface area contributed by atoms with Crippen molar-refractivity contribution in [2.24, 2.45) is 0 Å². The third-order valence-corrected chi connectivity index (χ3v) is 22.1. The molecule has 1 rings (SSSR count). The average molecular weight is 664 g/mol. The first-order valence-corrected chi connectivity index (χ1v) is 27.1. The topological polar surface area (TPSA) is 27.7 Å². The molecular formula is C24H48O3PtSi3. The molecule has 184 valence electrons. The Labute approximate surface area is 199 Å². The number of allylic oxidation sites excluding steroid dienone is 6. The molecule has 1 atom stereocenters. The molecule has 7 heteroatoms. The zero-order chi connectivity index (χ0) is 24.3. The standard InChI is InChI=1S/C21H39O3Si3.3CH3.Pt/c1-11-16-25(7,8)20-15-14-18(21(20)26(9,10)17-12-2)19(13-3)27(22-4,23-5)24-6;;;;/h11-12,19H,1-2,13-14,16-17H2,3-10H3;3*1H3;. The first kappa shape index (κ1) is 29.2. The van der Waals surface area contributed by atoms with Crippen LogP contribution < -0.4 is 0 Å². The van der Waals surface area contributed by atoms with Crippen LogP contribution in [0.15, 0.2) is 45.2 Å². The second-order valence-electron chi connectivity index (χ2n) is 10.2. The van der Waals surface area contributed by atoms with E-state index >= 15 is 0 Å². The van der Waals surface area contributed by atoms with Crippen molar-refractivity contribution in [3.8, 4) is 0 Å². The summed E-state index contributed by atoms with van der Waals surface area (Å²) >= 11 is -2.03. The van der Waals surface area contributed by atoms with E-state index in [1.54, 1.807) is 41.3 Å². The van der Waals surface area contributed by atoms with Gasteiger partial charge in [-0.25, -0.2) is 0 Å². The molecule has 1 unspecified atom stereocenters. The monoisotopic (exact) mass is 663 g/mol. The summed E-state index contributed by atoms with van der Waals surface area (Å²) in [4.78, 5) is 0. The van der Waals surface area contributed by atoms with Gasteiger partial charge in [0.15, 0.2) is 0 Å². The van der Waals surface area contributed by atoms with Gasteiger partial charge in [0.2, 0.25) is 0 Å². The summed E-state index contributed by atoms with van der Waals surface area (Å²) in [5.41, 5.74) is 1.77. The number of hydrogen-bond acceptors (Lipinski definition) is 3. The van der Waals surface area contributed by atoms with E-state index in [0.717, 1.165) is 24.9 Å². The van der Waals surface area contributed by atoms with Crippen LogP contribution in [0.1, 0.15) is 19.8 Å². The van der Waals surface area contributed by atoms with E-state index in [1.807, 2.05) is 0 Å². The van der Waals surface area contributed by atoms with Crippen LogP contribution in [0.4, 0.5) is 0 Å². The first-order chi connectivity index (χ1) is 14.2. The molecule has 0 aliphatic heterocycles. The molecule has 0 radical (unpaired) electrons. The van der Waals surface area contributed by atoms with Crippen LogP contribution in [0.25, 0.3) is 0 Å². The summed E-state index contributed by atoms with van der Waals surface area (Å²) in [5.74, 6) is 0. The van der Waals surface area contributed by atoms with Crippen LogP contribution in [0, 0.1) is 0 Å². The molecule has 31 heavy (non-hydrogen) atoms. The van der Waals surface area contributed by atoms with Crippen molar-refractivity contribution in [1.29, 1.82) is 0 Å². The fraction of sp³-hybridized carbons (Fsp3) is 0.667. The summed E-state index contributed by atoms with van der Waals surface area (Å²) in [6.45, 7) is 20.7. The van der Waals surface area contributed by atoms with E-state index < -0.39 is 41.0 Å². The molecule has 3 nitrogen and oxygen atoms in total. The molecule has 1 aliphatic rings. The van der Waals surface area contributed by atoms with E-state index in [0.29, 0.717) is 0 Å². The predicted octanol–water partition coefficient (Wildman–Crippen LogP) is 7.76. The molecule has 0 aromatic carbocycles. The Morgan fingerprint density at radius 2 is 1.29 bits per heavy atom. The summed E-state index contributed by atoms with van der Waals surface area (Å²) in [6, 6.07) is 2.21. The van der Waals surface area contributed by atoms with Gasteiger partial charge in [0.05, 0.1) is 0 Å². The molecule has 1 aliphatic carbocycles. The van der Waals surface area contributed by atoms with Crippen molar-refractivity contribution >= 4 is 25.0 Å². The van der Waals surface area contributed by atoms with Crippen molar-refractivity contribution in [1.82, 2.24) is 0 Å². The molecule has 0 N–H and O–H groups in total. The van der Waals surface area contributed by atoms with Crippen LogP contribution in [0.2, 0.25) is 59.8 Å². The maximum atomic E-state index is 6.06. The van der Waals surface area contributed by atoms with E-state index in [4.69, 9.17) is 13.3 Å². The molecule has 0 heterocycles. The van der Waals surface area contributed by atoms with Crippen LogP contribution in [0.3, 0.4) is 0 Å². The van der Waals surface area contributed by atoms with Crippen molar-refractivity contribution in [3.63, 3.8) is 0 Å². The van der Waals surface area contributed by atoms with Gasteiger partial charge < -0.3 is 0 Å². The third-order valence-electron chi connectivity index (χ3n) is 6.51. The molecule has 0 bridgehead atoms. The molecule has 0 aromatic heterocycles.